The van der Waals surface area contributed by atoms with Crippen molar-refractivity contribution in [3.8, 4) is 0 Å². The zero-order valence-corrected chi connectivity index (χ0v) is 10.9. The summed E-state index contributed by atoms with van der Waals surface area (Å²) in [6.07, 6.45) is 4.39. The molecular formula is C12H24N4O. The lowest BCUT2D eigenvalue weighted by atomic mass is 10.0. The first kappa shape index (κ1) is 12.8. The van der Waals surface area contributed by atoms with E-state index in [9.17, 15) is 0 Å². The van der Waals surface area contributed by atoms with E-state index in [-0.39, 0.29) is 6.04 Å². The van der Waals surface area contributed by atoms with E-state index in [1.54, 1.807) is 0 Å². The molecule has 1 saturated heterocycles. The van der Waals surface area contributed by atoms with Crippen molar-refractivity contribution in [2.24, 2.45) is 5.84 Å². The summed E-state index contributed by atoms with van der Waals surface area (Å²) >= 11 is 0. The topological polar surface area (TPSA) is 53.8 Å². The Kier molecular flexibility index (Phi) is 4.39. The average Bonchev–Trinajstić information content (AvgIpc) is 2.36. The highest BCUT2D eigenvalue weighted by molar-refractivity contribution is 5.10. The molecule has 1 fully saturated rings. The summed E-state index contributed by atoms with van der Waals surface area (Å²) in [5.41, 5.74) is 2.93. The summed E-state index contributed by atoms with van der Waals surface area (Å²) < 4.78 is 5.74. The fourth-order valence-corrected chi connectivity index (χ4v) is 2.58. The number of hydrazine groups is 1. The minimum atomic E-state index is 0.100. The van der Waals surface area contributed by atoms with E-state index in [4.69, 9.17) is 10.6 Å². The third-order valence-electron chi connectivity index (χ3n) is 3.73. The van der Waals surface area contributed by atoms with Gasteiger partial charge in [0.25, 0.3) is 0 Å². The molecule has 0 bridgehead atoms. The number of piperazine rings is 1. The molecular weight excluding hydrogens is 216 g/mol. The Balaban J connectivity index is 2.07. The van der Waals surface area contributed by atoms with Crippen LogP contribution in [0.1, 0.15) is 12.8 Å². The Morgan fingerprint density at radius 1 is 1.47 bits per heavy atom. The Labute approximate surface area is 104 Å². The van der Waals surface area contributed by atoms with Gasteiger partial charge in [0, 0.05) is 25.7 Å². The van der Waals surface area contributed by atoms with Gasteiger partial charge in [0.15, 0.2) is 0 Å². The van der Waals surface area contributed by atoms with Gasteiger partial charge < -0.3 is 9.64 Å². The van der Waals surface area contributed by atoms with Crippen molar-refractivity contribution in [3.63, 3.8) is 0 Å². The molecule has 0 saturated carbocycles. The fourth-order valence-electron chi connectivity index (χ4n) is 2.58. The van der Waals surface area contributed by atoms with Crippen LogP contribution in [-0.4, -0.2) is 62.2 Å². The van der Waals surface area contributed by atoms with Gasteiger partial charge >= 0.3 is 0 Å². The lowest BCUT2D eigenvalue weighted by Gasteiger charge is -2.42. The number of nitrogens with zero attached hydrogens (tertiary/aromatic N) is 2. The van der Waals surface area contributed by atoms with Crippen LogP contribution in [0.5, 0.6) is 0 Å². The molecule has 0 aromatic heterocycles. The smallest absolute Gasteiger partial charge is 0.112 e. The second-order valence-corrected chi connectivity index (χ2v) is 5.05. The molecule has 2 aliphatic rings. The van der Waals surface area contributed by atoms with Gasteiger partial charge in [0.05, 0.1) is 12.6 Å². The number of rotatable bonds is 3. The zero-order valence-electron chi connectivity index (χ0n) is 10.9. The first-order valence-corrected chi connectivity index (χ1v) is 6.40. The van der Waals surface area contributed by atoms with Crippen LogP contribution in [0.2, 0.25) is 0 Å². The summed E-state index contributed by atoms with van der Waals surface area (Å²) in [5.74, 6) is 6.75. The second kappa shape index (κ2) is 5.82. The molecule has 0 aromatic rings. The lowest BCUT2D eigenvalue weighted by Crippen LogP contribution is -2.60. The van der Waals surface area contributed by atoms with Crippen molar-refractivity contribution in [1.29, 1.82) is 0 Å². The van der Waals surface area contributed by atoms with E-state index in [2.05, 4.69) is 35.4 Å². The molecule has 5 heteroatoms. The summed E-state index contributed by atoms with van der Waals surface area (Å²) in [6.45, 7) is 4.03. The average molecular weight is 240 g/mol. The molecule has 2 rings (SSSR count). The van der Waals surface area contributed by atoms with E-state index in [1.165, 1.54) is 0 Å². The van der Waals surface area contributed by atoms with E-state index in [1.807, 2.05) is 0 Å². The molecule has 0 spiro atoms. The van der Waals surface area contributed by atoms with Gasteiger partial charge in [-0.2, -0.15) is 0 Å². The maximum Gasteiger partial charge on any atom is 0.112 e. The predicted molar refractivity (Wildman–Crippen MR) is 68.3 cm³/mol. The fraction of sp³-hybridized carbons (Fsp3) is 0.833. The number of ether oxygens (including phenoxy) is 1. The highest BCUT2D eigenvalue weighted by atomic mass is 16.5. The van der Waals surface area contributed by atoms with E-state index >= 15 is 0 Å². The molecule has 2 atom stereocenters. The van der Waals surface area contributed by atoms with Crippen molar-refractivity contribution in [3.05, 3.63) is 11.8 Å². The number of nitrogens with two attached hydrogens (primary N) is 1. The van der Waals surface area contributed by atoms with Crippen molar-refractivity contribution in [2.75, 3.05) is 40.3 Å². The van der Waals surface area contributed by atoms with E-state index in [0.717, 1.165) is 44.8 Å². The largest absolute Gasteiger partial charge is 0.496 e. The maximum atomic E-state index is 5.74. The van der Waals surface area contributed by atoms with Crippen molar-refractivity contribution in [2.45, 2.75) is 24.9 Å². The predicted octanol–water partition coefficient (Wildman–Crippen LogP) is -0.242. The Morgan fingerprint density at radius 3 is 2.94 bits per heavy atom. The zero-order chi connectivity index (χ0) is 12.3. The minimum absolute atomic E-state index is 0.100. The molecule has 0 aliphatic carbocycles. The van der Waals surface area contributed by atoms with Crippen molar-refractivity contribution >= 4 is 0 Å². The number of likely N-dealkylation sites (N-methyl/N-ethyl adjacent to an activating group) is 2. The molecule has 2 aliphatic heterocycles. The van der Waals surface area contributed by atoms with Crippen molar-refractivity contribution < 1.29 is 4.74 Å². The number of hydrogen-bond donors (Lipinski definition) is 2. The highest BCUT2D eigenvalue weighted by Gasteiger charge is 2.32. The Hall–Kier alpha value is -0.620. The van der Waals surface area contributed by atoms with Crippen LogP contribution in [0.4, 0.5) is 0 Å². The number of allylic oxidation sites excluding steroid dienone is 1. The molecule has 2 unspecified atom stereocenters. The van der Waals surface area contributed by atoms with Crippen LogP contribution < -0.4 is 11.3 Å². The van der Waals surface area contributed by atoms with Gasteiger partial charge in [-0.15, -0.1) is 0 Å². The monoisotopic (exact) mass is 240 g/mol. The molecule has 5 nitrogen and oxygen atoms in total. The summed E-state index contributed by atoms with van der Waals surface area (Å²) in [4.78, 5) is 4.71. The third kappa shape index (κ3) is 2.98. The molecule has 98 valence electrons. The van der Waals surface area contributed by atoms with Gasteiger partial charge in [-0.25, -0.2) is 5.43 Å². The molecule has 2 heterocycles. The van der Waals surface area contributed by atoms with Gasteiger partial charge in [0.1, 0.15) is 5.76 Å². The standard InChI is InChI=1S/C12H24N4O/c1-15-6-7-16(2)10(9-15)12(14-13)11-5-3-4-8-17-11/h5,10,12,14H,3-4,6-9,13H2,1-2H3. The van der Waals surface area contributed by atoms with Crippen LogP contribution in [0.3, 0.4) is 0 Å². The quantitative estimate of drug-likeness (QED) is 0.527. The normalized spacial score (nSPS) is 29.6. The number of nitrogens with one attached hydrogen (secondary N) is 1. The Bertz CT molecular complexity index is 282. The molecule has 0 aromatic carbocycles. The van der Waals surface area contributed by atoms with Gasteiger partial charge in [0.2, 0.25) is 0 Å². The first-order chi connectivity index (χ1) is 8.22. The maximum absolute atomic E-state index is 5.74. The lowest BCUT2D eigenvalue weighted by molar-refractivity contribution is 0.0689. The summed E-state index contributed by atoms with van der Waals surface area (Å²) in [6, 6.07) is 0.478. The van der Waals surface area contributed by atoms with Gasteiger partial charge in [-0.1, -0.05) is 0 Å². The first-order valence-electron chi connectivity index (χ1n) is 6.40. The molecule has 17 heavy (non-hydrogen) atoms. The number of hydrogen-bond acceptors (Lipinski definition) is 5. The van der Waals surface area contributed by atoms with Crippen LogP contribution in [0, 0.1) is 0 Å². The van der Waals surface area contributed by atoms with Crippen LogP contribution in [-0.2, 0) is 4.74 Å². The van der Waals surface area contributed by atoms with Crippen LogP contribution >= 0.6 is 0 Å². The highest BCUT2D eigenvalue weighted by Crippen LogP contribution is 2.20. The molecule has 0 amide bonds. The van der Waals surface area contributed by atoms with Crippen LogP contribution in [0.15, 0.2) is 11.8 Å². The van der Waals surface area contributed by atoms with Crippen LogP contribution in [0.25, 0.3) is 0 Å². The third-order valence-corrected chi connectivity index (χ3v) is 3.73. The summed E-state index contributed by atoms with van der Waals surface area (Å²) in [7, 11) is 4.31. The SMILES string of the molecule is CN1CCN(C)C(C(NN)C2=CCCCO2)C1. The molecule has 0 radical (unpaired) electrons. The Morgan fingerprint density at radius 2 is 2.29 bits per heavy atom. The minimum Gasteiger partial charge on any atom is -0.496 e. The van der Waals surface area contributed by atoms with Gasteiger partial charge in [-0.05, 0) is 33.0 Å². The summed E-state index contributed by atoms with van der Waals surface area (Å²) in [5, 5.41) is 0. The second-order valence-electron chi connectivity index (χ2n) is 5.05. The molecule has 3 N–H and O–H groups in total. The van der Waals surface area contributed by atoms with Gasteiger partial charge in [-0.3, -0.25) is 10.7 Å². The van der Waals surface area contributed by atoms with Crippen molar-refractivity contribution in [1.82, 2.24) is 15.2 Å². The van der Waals surface area contributed by atoms with E-state index < -0.39 is 0 Å². The van der Waals surface area contributed by atoms with E-state index in [0.29, 0.717) is 6.04 Å².